The lowest BCUT2D eigenvalue weighted by Gasteiger charge is -2.49. The monoisotopic (exact) mass is 841 g/mol. The average molecular weight is 841 g/mol. The number of anilines is 2. The molecule has 4 atom stereocenters. The highest BCUT2D eigenvalue weighted by atomic mass is 32.1. The van der Waals surface area contributed by atoms with Crippen LogP contribution in [0.25, 0.3) is 0 Å². The predicted octanol–water partition coefficient (Wildman–Crippen LogP) is 3.91. The molecule has 4 fully saturated rings. The molecule has 13 nitrogen and oxygen atoms in total. The second-order valence-electron chi connectivity index (χ2n) is 18.0. The molecular formula is C43H72N10O3S2. The smallest absolute Gasteiger partial charge is 0.196 e. The molecule has 0 radical (unpaired) electrons. The lowest BCUT2D eigenvalue weighted by Crippen LogP contribution is -2.66. The van der Waals surface area contributed by atoms with Gasteiger partial charge in [-0.05, 0) is 102 Å². The summed E-state index contributed by atoms with van der Waals surface area (Å²) in [4.78, 5) is 43.1. The maximum atomic E-state index is 15.5. The summed E-state index contributed by atoms with van der Waals surface area (Å²) >= 11 is 3.39. The number of hydrogen-bond acceptors (Lipinski definition) is 15. The van der Waals surface area contributed by atoms with E-state index in [9.17, 15) is 0 Å². The Morgan fingerprint density at radius 2 is 1.02 bits per heavy atom. The van der Waals surface area contributed by atoms with Crippen LogP contribution < -0.4 is 11.5 Å². The molecule has 2 unspecified atom stereocenters. The number of hydrogen-bond donors (Lipinski definition) is 2. The first-order valence-electron chi connectivity index (χ1n) is 23.0. The van der Waals surface area contributed by atoms with Crippen LogP contribution >= 0.6 is 22.7 Å². The largest absolute Gasteiger partial charge is 0.379 e. The van der Waals surface area contributed by atoms with Gasteiger partial charge in [0.1, 0.15) is 12.3 Å². The molecular weight excluding hydrogens is 769 g/mol. The quantitative estimate of drug-likeness (QED) is 0.254. The summed E-state index contributed by atoms with van der Waals surface area (Å²) in [5.41, 5.74) is 14.7. The van der Waals surface area contributed by atoms with Crippen molar-refractivity contribution >= 4 is 38.7 Å². The number of ether oxygens (including phenoxy) is 2. The maximum absolute atomic E-state index is 15.5. The first kappa shape index (κ1) is 42.9. The zero-order valence-corrected chi connectivity index (χ0v) is 37.2. The fourth-order valence-electron chi connectivity index (χ4n) is 11.2. The van der Waals surface area contributed by atoms with Crippen molar-refractivity contribution in [2.45, 2.75) is 115 Å². The summed E-state index contributed by atoms with van der Waals surface area (Å²) in [6.07, 6.45) is 13.1. The van der Waals surface area contributed by atoms with Gasteiger partial charge in [-0.2, -0.15) is 0 Å². The summed E-state index contributed by atoms with van der Waals surface area (Å²) < 4.78 is 11.7. The van der Waals surface area contributed by atoms with Crippen molar-refractivity contribution in [2.75, 3.05) is 116 Å². The Labute approximate surface area is 355 Å². The number of nitrogens with two attached hydrogens (primary N) is 2. The zero-order valence-electron chi connectivity index (χ0n) is 35.5. The van der Waals surface area contributed by atoms with E-state index in [-0.39, 0.29) is 12.3 Å². The van der Waals surface area contributed by atoms with Gasteiger partial charge in [0.25, 0.3) is 0 Å². The van der Waals surface area contributed by atoms with E-state index in [1.807, 2.05) is 0 Å². The Morgan fingerprint density at radius 3 is 1.40 bits per heavy atom. The molecule has 2 aliphatic carbocycles. The Balaban J connectivity index is 0.920. The van der Waals surface area contributed by atoms with Crippen LogP contribution in [0.1, 0.15) is 86.4 Å². The number of carbonyl (C=O) groups excluding carboxylic acids is 1. The van der Waals surface area contributed by atoms with Crippen molar-refractivity contribution in [3.8, 4) is 0 Å². The topological polar surface area (TPSA) is 133 Å². The first-order valence-corrected chi connectivity index (χ1v) is 24.6. The van der Waals surface area contributed by atoms with E-state index in [1.54, 1.807) is 22.7 Å². The van der Waals surface area contributed by atoms with Gasteiger partial charge in [-0.15, -0.1) is 22.7 Å². The number of aromatic nitrogens is 2. The number of nitrogens with zero attached hydrogens (tertiary/aromatic N) is 8. The molecule has 0 aromatic carbocycles. The van der Waals surface area contributed by atoms with Crippen LogP contribution in [0, 0.1) is 11.8 Å². The van der Waals surface area contributed by atoms with E-state index in [4.69, 9.17) is 20.9 Å². The fraction of sp³-hybridized carbons (Fsp3) is 0.837. The summed E-state index contributed by atoms with van der Waals surface area (Å²) in [7, 11) is 0. The molecule has 58 heavy (non-hydrogen) atoms. The third-order valence-electron chi connectivity index (χ3n) is 14.2. The first-order chi connectivity index (χ1) is 28.4. The van der Waals surface area contributed by atoms with Crippen LogP contribution in [-0.4, -0.2) is 175 Å². The van der Waals surface area contributed by atoms with Crippen molar-refractivity contribution in [3.63, 3.8) is 0 Å². The number of likely N-dealkylation sites (tertiary alicyclic amines) is 2. The van der Waals surface area contributed by atoms with Crippen LogP contribution in [0.3, 0.4) is 0 Å². The summed E-state index contributed by atoms with van der Waals surface area (Å²) in [5, 5.41) is 1.44. The minimum absolute atomic E-state index is 0.215. The van der Waals surface area contributed by atoms with Crippen molar-refractivity contribution in [2.24, 2.45) is 11.8 Å². The minimum atomic E-state index is -0.215. The number of fused-ring (bicyclic) bond motifs is 2. The van der Waals surface area contributed by atoms with Crippen molar-refractivity contribution in [3.05, 3.63) is 21.1 Å². The van der Waals surface area contributed by atoms with E-state index in [0.29, 0.717) is 56.1 Å². The van der Waals surface area contributed by atoms with Crippen LogP contribution in [0.2, 0.25) is 0 Å². The number of ketones is 1. The van der Waals surface area contributed by atoms with Gasteiger partial charge < -0.3 is 20.9 Å². The minimum Gasteiger partial charge on any atom is -0.379 e. The van der Waals surface area contributed by atoms with Crippen molar-refractivity contribution in [1.82, 2.24) is 39.4 Å². The number of carbonyl (C=O) groups is 1. The number of rotatable bonds is 16. The molecule has 15 heteroatoms. The Bertz CT molecular complexity index is 1480. The highest BCUT2D eigenvalue weighted by Gasteiger charge is 2.44. The number of morpholine rings is 2. The third-order valence-corrected chi connectivity index (χ3v) is 16.1. The Hall–Kier alpha value is -1.79. The molecule has 0 bridgehead atoms. The normalized spacial score (nSPS) is 26.2. The lowest BCUT2D eigenvalue weighted by atomic mass is 9.91. The van der Waals surface area contributed by atoms with Crippen LogP contribution in [0.4, 0.5) is 10.3 Å². The van der Waals surface area contributed by atoms with E-state index < -0.39 is 0 Å². The van der Waals surface area contributed by atoms with Gasteiger partial charge in [0.05, 0.1) is 37.8 Å². The molecule has 0 saturated carbocycles. The van der Waals surface area contributed by atoms with E-state index >= 15 is 4.79 Å². The van der Waals surface area contributed by atoms with Crippen LogP contribution in [0.5, 0.6) is 0 Å². The molecule has 0 spiro atoms. The summed E-state index contributed by atoms with van der Waals surface area (Å²) in [5.74, 6) is 1.67. The summed E-state index contributed by atoms with van der Waals surface area (Å²) in [6.45, 7) is 19.1. The molecule has 324 valence electrons. The second kappa shape index (κ2) is 20.4. The molecule has 2 aromatic heterocycles. The Kier molecular flexibility index (Phi) is 15.1. The van der Waals surface area contributed by atoms with Crippen molar-refractivity contribution < 1.29 is 14.3 Å². The molecule has 6 heterocycles. The number of Topliss-reactive ketones (excluding diaryl/α,β-unsaturated/α-hetero) is 1. The van der Waals surface area contributed by atoms with Crippen molar-refractivity contribution in [1.29, 1.82) is 0 Å². The summed E-state index contributed by atoms with van der Waals surface area (Å²) in [6, 6.07) is 1.14. The van der Waals surface area contributed by atoms with E-state index in [1.165, 1.54) is 46.8 Å². The fourth-order valence-corrected chi connectivity index (χ4v) is 13.1. The molecule has 4 N–H and O–H groups in total. The number of aryl methyl sites for hydroxylation is 2. The van der Waals surface area contributed by atoms with Gasteiger partial charge in [0.2, 0.25) is 0 Å². The van der Waals surface area contributed by atoms with Gasteiger partial charge in [0, 0.05) is 87.3 Å². The van der Waals surface area contributed by atoms with Gasteiger partial charge in [-0.25, -0.2) is 9.97 Å². The molecule has 4 aliphatic heterocycles. The van der Waals surface area contributed by atoms with Crippen LogP contribution in [0.15, 0.2) is 0 Å². The standard InChI is InChI=1S/C43H72N10O3S2/c1-3-13-52(33-5-7-35-37(27-33)57-42(44)46-35)29-31-9-15-48(16-10-31)40(50-19-23-55-24-20-50)39(54)41(51-21-25-56-26-22-51)49-17-11-32(12-18-49)30-53(14-4-2)34-6-8-36-38(28-34)58-43(45)47-36/h31-34,40-41H,3-30H2,1-2H3,(H2,44,46)(H2,45,47)/t33?,34?,40-,41-/m0/s1. The molecule has 2 aromatic rings. The highest BCUT2D eigenvalue weighted by molar-refractivity contribution is 7.15. The highest BCUT2D eigenvalue weighted by Crippen LogP contribution is 2.34. The number of nitrogen functional groups attached to an aromatic ring is 2. The third kappa shape index (κ3) is 10.3. The van der Waals surface area contributed by atoms with Gasteiger partial charge in [0.15, 0.2) is 16.0 Å². The van der Waals surface area contributed by atoms with Gasteiger partial charge in [-0.3, -0.25) is 34.2 Å². The molecule has 4 saturated heterocycles. The number of piperidine rings is 2. The molecule has 6 aliphatic rings. The predicted molar refractivity (Wildman–Crippen MR) is 234 cm³/mol. The van der Waals surface area contributed by atoms with E-state index in [2.05, 4.69) is 53.2 Å². The average Bonchev–Trinajstić information content (AvgIpc) is 3.82. The number of thiazole rings is 2. The Morgan fingerprint density at radius 1 is 0.638 bits per heavy atom. The molecule has 8 rings (SSSR count). The van der Waals surface area contributed by atoms with Gasteiger partial charge >= 0.3 is 0 Å². The van der Waals surface area contributed by atoms with E-state index in [0.717, 1.165) is 140 Å². The maximum Gasteiger partial charge on any atom is 0.196 e. The second-order valence-corrected chi connectivity index (χ2v) is 20.3. The van der Waals surface area contributed by atoms with Gasteiger partial charge in [-0.1, -0.05) is 13.8 Å². The molecule has 0 amide bonds. The SMILES string of the molecule is CCCN(CC1CCN([C@H](C(=O)[C@H](N2CCOCC2)N2CCC(CN(CCC)C3CCc4nc(N)sc4C3)CC2)N2CCOCC2)CC1)C1CCc2nc(N)sc2C1. The zero-order chi connectivity index (χ0) is 40.0. The lowest BCUT2D eigenvalue weighted by molar-refractivity contribution is -0.153. The van der Waals surface area contributed by atoms with Crippen LogP contribution in [-0.2, 0) is 40.0 Å².